The van der Waals surface area contributed by atoms with Crippen LogP contribution in [-0.4, -0.2) is 28.4 Å². The van der Waals surface area contributed by atoms with Crippen molar-refractivity contribution in [1.29, 1.82) is 0 Å². The van der Waals surface area contributed by atoms with Crippen LogP contribution in [0.15, 0.2) is 43.0 Å². The quantitative estimate of drug-likeness (QED) is 0.359. The molecule has 0 aromatic heterocycles. The van der Waals surface area contributed by atoms with Crippen LogP contribution in [0.1, 0.15) is 39.2 Å². The number of carbonyl (C=O) groups excluding carboxylic acids is 1. The maximum absolute atomic E-state index is 12.0. The van der Waals surface area contributed by atoms with Gasteiger partial charge in [0.2, 0.25) is 0 Å². The molecule has 23 heavy (non-hydrogen) atoms. The van der Waals surface area contributed by atoms with Crippen molar-refractivity contribution in [3.8, 4) is 5.75 Å². The van der Waals surface area contributed by atoms with Crippen LogP contribution >= 0.6 is 0 Å². The molecule has 4 heteroatoms. The van der Waals surface area contributed by atoms with Crippen molar-refractivity contribution >= 4 is 12.0 Å². The highest BCUT2D eigenvalue weighted by Crippen LogP contribution is 2.40. The van der Waals surface area contributed by atoms with Gasteiger partial charge in [-0.25, -0.2) is 4.79 Å². The number of aromatic hydroxyl groups is 1. The van der Waals surface area contributed by atoms with Crippen molar-refractivity contribution in [3.05, 3.63) is 48.6 Å². The van der Waals surface area contributed by atoms with Crippen LogP contribution in [-0.2, 0) is 14.3 Å². The fourth-order valence-electron chi connectivity index (χ4n) is 2.37. The molecule has 2 rings (SSSR count). The number of epoxide rings is 1. The zero-order valence-electron chi connectivity index (χ0n) is 13.9. The highest BCUT2D eigenvalue weighted by atomic mass is 16.6. The Morgan fingerprint density at radius 1 is 1.43 bits per heavy atom. The van der Waals surface area contributed by atoms with Gasteiger partial charge in [-0.2, -0.15) is 0 Å². The van der Waals surface area contributed by atoms with E-state index in [1.807, 2.05) is 6.92 Å². The van der Waals surface area contributed by atoms with E-state index in [1.165, 1.54) is 6.08 Å². The number of phenolic OH excluding ortho intramolecular Hbond substituents is 1. The van der Waals surface area contributed by atoms with Crippen LogP contribution in [0.3, 0.4) is 0 Å². The van der Waals surface area contributed by atoms with Crippen LogP contribution in [0, 0.1) is 0 Å². The molecule has 1 aromatic carbocycles. The number of hydrogen-bond donors (Lipinski definition) is 1. The average molecular weight is 316 g/mol. The van der Waals surface area contributed by atoms with Gasteiger partial charge < -0.3 is 14.6 Å². The number of ether oxygens (including phenoxy) is 2. The molecular weight excluding hydrogens is 292 g/mol. The molecule has 2 unspecified atom stereocenters. The highest BCUT2D eigenvalue weighted by molar-refractivity contribution is 5.87. The molecule has 1 fully saturated rings. The molecule has 1 aliphatic heterocycles. The number of rotatable bonds is 7. The number of phenols is 1. The van der Waals surface area contributed by atoms with Crippen LogP contribution in [0.25, 0.3) is 6.08 Å². The predicted octanol–water partition coefficient (Wildman–Crippen LogP) is 3.85. The maximum Gasteiger partial charge on any atom is 0.331 e. The summed E-state index contributed by atoms with van der Waals surface area (Å²) in [5.41, 5.74) is 0.0386. The molecule has 1 aliphatic rings. The summed E-state index contributed by atoms with van der Waals surface area (Å²) in [6, 6.07) is 6.57. The van der Waals surface area contributed by atoms with E-state index >= 15 is 0 Å². The second kappa shape index (κ2) is 6.59. The van der Waals surface area contributed by atoms with Crippen molar-refractivity contribution in [2.75, 3.05) is 0 Å². The summed E-state index contributed by atoms with van der Waals surface area (Å²) in [6.07, 6.45) is 6.40. The summed E-state index contributed by atoms with van der Waals surface area (Å²) < 4.78 is 11.1. The maximum atomic E-state index is 12.0. The minimum absolute atomic E-state index is 0.0646. The number of esters is 1. The zero-order valence-corrected chi connectivity index (χ0v) is 13.9. The lowest BCUT2D eigenvalue weighted by Crippen LogP contribution is -2.29. The lowest BCUT2D eigenvalue weighted by Gasteiger charge is -2.25. The molecule has 1 N–H and O–H groups in total. The van der Waals surface area contributed by atoms with Gasteiger partial charge in [0, 0.05) is 6.08 Å². The van der Waals surface area contributed by atoms with Crippen molar-refractivity contribution in [3.63, 3.8) is 0 Å². The Bertz CT molecular complexity index is 600. The summed E-state index contributed by atoms with van der Waals surface area (Å²) in [5.74, 6) is -0.231. The average Bonchev–Trinajstić information content (AvgIpc) is 3.12. The van der Waals surface area contributed by atoms with Crippen LogP contribution in [0.2, 0.25) is 0 Å². The number of benzene rings is 1. The molecule has 0 aliphatic carbocycles. The van der Waals surface area contributed by atoms with Gasteiger partial charge in [-0.15, -0.1) is 0 Å². The Morgan fingerprint density at radius 2 is 2.04 bits per heavy atom. The molecule has 1 aromatic rings. The van der Waals surface area contributed by atoms with Crippen molar-refractivity contribution < 1.29 is 19.4 Å². The molecule has 0 amide bonds. The van der Waals surface area contributed by atoms with E-state index in [9.17, 15) is 9.90 Å². The Kier molecular flexibility index (Phi) is 4.95. The Morgan fingerprint density at radius 3 is 2.57 bits per heavy atom. The first-order valence-electron chi connectivity index (χ1n) is 7.76. The summed E-state index contributed by atoms with van der Waals surface area (Å²) >= 11 is 0. The fourth-order valence-corrected chi connectivity index (χ4v) is 2.37. The number of carbonyl (C=O) groups is 1. The van der Waals surface area contributed by atoms with Crippen LogP contribution in [0.5, 0.6) is 5.75 Å². The molecule has 2 atom stereocenters. The molecule has 0 saturated carbocycles. The molecule has 0 spiro atoms. The van der Waals surface area contributed by atoms with Gasteiger partial charge in [0.15, 0.2) is 0 Å². The van der Waals surface area contributed by atoms with Gasteiger partial charge in [-0.3, -0.25) is 0 Å². The molecule has 0 radical (unpaired) electrons. The monoisotopic (exact) mass is 316 g/mol. The van der Waals surface area contributed by atoms with Gasteiger partial charge in [0.1, 0.15) is 11.4 Å². The van der Waals surface area contributed by atoms with E-state index in [-0.39, 0.29) is 17.5 Å². The normalized spacial score (nSPS) is 21.6. The summed E-state index contributed by atoms with van der Waals surface area (Å²) in [4.78, 5) is 12.0. The van der Waals surface area contributed by atoms with Crippen LogP contribution in [0.4, 0.5) is 0 Å². The molecule has 4 nitrogen and oxygen atoms in total. The van der Waals surface area contributed by atoms with E-state index < -0.39 is 11.6 Å². The topological polar surface area (TPSA) is 59.1 Å². The van der Waals surface area contributed by atoms with Gasteiger partial charge in [-0.1, -0.05) is 18.7 Å². The second-order valence-corrected chi connectivity index (χ2v) is 6.61. The number of hydrogen-bond acceptors (Lipinski definition) is 4. The molecule has 124 valence electrons. The zero-order chi connectivity index (χ0) is 17.1. The van der Waals surface area contributed by atoms with E-state index in [1.54, 1.807) is 36.4 Å². The Labute approximate surface area is 137 Å². The molecule has 1 saturated heterocycles. The summed E-state index contributed by atoms with van der Waals surface area (Å²) in [5, 5.41) is 9.23. The van der Waals surface area contributed by atoms with Crippen molar-refractivity contribution in [2.24, 2.45) is 0 Å². The summed E-state index contributed by atoms with van der Waals surface area (Å²) in [6.45, 7) is 9.73. The first kappa shape index (κ1) is 17.3. The van der Waals surface area contributed by atoms with E-state index in [0.717, 1.165) is 12.0 Å². The van der Waals surface area contributed by atoms with E-state index in [0.29, 0.717) is 6.42 Å². The third kappa shape index (κ3) is 4.96. The lowest BCUT2D eigenvalue weighted by molar-refractivity contribution is -0.148. The van der Waals surface area contributed by atoms with Gasteiger partial charge in [0.05, 0.1) is 11.7 Å². The molecular formula is C19H24O4. The van der Waals surface area contributed by atoms with Gasteiger partial charge in [0.25, 0.3) is 0 Å². The van der Waals surface area contributed by atoms with E-state index in [2.05, 4.69) is 20.4 Å². The third-order valence-corrected chi connectivity index (χ3v) is 4.14. The lowest BCUT2D eigenvalue weighted by atomic mass is 9.96. The summed E-state index contributed by atoms with van der Waals surface area (Å²) in [7, 11) is 0. The second-order valence-electron chi connectivity index (χ2n) is 6.61. The first-order valence-corrected chi connectivity index (χ1v) is 7.76. The van der Waals surface area contributed by atoms with E-state index in [4.69, 9.17) is 9.47 Å². The van der Waals surface area contributed by atoms with Gasteiger partial charge >= 0.3 is 5.97 Å². The standard InChI is InChI=1S/C19H24O4/c1-5-19(4,13-12-16-18(2,3)22-16)23-17(21)11-8-14-6-9-15(20)10-7-14/h5-11,16,20H,1,12-13H2,2-4H3. The third-order valence-electron chi connectivity index (χ3n) is 4.14. The minimum atomic E-state index is -0.710. The smallest absolute Gasteiger partial charge is 0.331 e. The molecule has 0 bridgehead atoms. The van der Waals surface area contributed by atoms with Gasteiger partial charge in [-0.05, 0) is 63.5 Å². The largest absolute Gasteiger partial charge is 0.508 e. The Balaban J connectivity index is 1.88. The molecule has 1 heterocycles. The SMILES string of the molecule is C=CC(C)(CCC1OC1(C)C)OC(=O)C=Cc1ccc(O)cc1. The first-order chi connectivity index (χ1) is 10.7. The predicted molar refractivity (Wildman–Crippen MR) is 90.0 cm³/mol. The van der Waals surface area contributed by atoms with Crippen molar-refractivity contribution in [1.82, 2.24) is 0 Å². The minimum Gasteiger partial charge on any atom is -0.508 e. The highest BCUT2D eigenvalue weighted by Gasteiger charge is 2.48. The fraction of sp³-hybridized carbons (Fsp3) is 0.421. The van der Waals surface area contributed by atoms with Crippen molar-refractivity contribution in [2.45, 2.75) is 50.9 Å². The Hall–Kier alpha value is -2.07. The van der Waals surface area contributed by atoms with Crippen LogP contribution < -0.4 is 0 Å².